The predicted octanol–water partition coefficient (Wildman–Crippen LogP) is 5.34. The smallest absolute Gasteiger partial charge is 0.0335 e. The molecule has 4 heterocycles. The van der Waals surface area contributed by atoms with E-state index in [0.29, 0.717) is 0 Å². The number of rotatable bonds is 2. The minimum atomic E-state index is 0. The van der Waals surface area contributed by atoms with E-state index in [9.17, 15) is 0 Å². The van der Waals surface area contributed by atoms with E-state index in [1.807, 2.05) is 30.4 Å². The summed E-state index contributed by atoms with van der Waals surface area (Å²) in [5, 5.41) is 19.9. The van der Waals surface area contributed by atoms with Gasteiger partial charge in [0.05, 0.1) is 0 Å². The molecule has 0 N–H and O–H groups in total. The molecular weight excluding hydrogens is 939 g/mol. The van der Waals surface area contributed by atoms with Crippen molar-refractivity contribution in [2.75, 3.05) is 23.9 Å². The number of hydrogen-bond acceptors (Lipinski definition) is 8. The first-order valence-corrected chi connectivity index (χ1v) is 14.0. The Kier molecular flexibility index (Phi) is 15.2. The molecule has 0 atom stereocenters. The van der Waals surface area contributed by atoms with Crippen LogP contribution in [0.2, 0.25) is 0 Å². The largest absolute Gasteiger partial charge is 0.504 e. The Balaban J connectivity index is 0.000000187. The van der Waals surface area contributed by atoms with Crippen molar-refractivity contribution < 1.29 is 42.1 Å². The molecule has 4 aromatic rings. The van der Waals surface area contributed by atoms with E-state index >= 15 is 0 Å². The molecule has 0 radical (unpaired) electrons. The van der Waals surface area contributed by atoms with E-state index in [2.05, 4.69) is 157 Å². The Labute approximate surface area is 299 Å². The molecule has 0 fully saturated rings. The average Bonchev–Trinajstić information content (AvgIpc) is 3.87. The van der Waals surface area contributed by atoms with Gasteiger partial charge in [-0.15, -0.1) is 11.8 Å². The Morgan fingerprint density at radius 3 is 2.07 bits per heavy atom. The van der Waals surface area contributed by atoms with Crippen LogP contribution < -0.4 is 20.0 Å². The maximum absolute atomic E-state index is 3.36. The first-order valence-electron chi connectivity index (χ1n) is 14.0. The van der Waals surface area contributed by atoms with Crippen LogP contribution in [0.4, 0.5) is 17.1 Å². The maximum Gasteiger partial charge on any atom is 0.0335 e. The van der Waals surface area contributed by atoms with Crippen LogP contribution in [-0.2, 0) is 42.1 Å². The minimum absolute atomic E-state index is 0. The summed E-state index contributed by atoms with van der Waals surface area (Å²) in [7, 11) is 4.15. The number of nitrogens with zero attached hydrogens (tertiary/aromatic N) is 10. The summed E-state index contributed by atoms with van der Waals surface area (Å²) in [5.41, 5.74) is 7.24. The number of aromatic nitrogens is 6. The van der Waals surface area contributed by atoms with Crippen LogP contribution in [0, 0.1) is 25.5 Å². The number of fused-ring (bicyclic) bond motifs is 1. The van der Waals surface area contributed by atoms with Gasteiger partial charge in [0.25, 0.3) is 0 Å². The molecule has 46 heavy (non-hydrogen) atoms. The standard InChI is InChI=1S/C16H16N2.C14H12N2.2C2H2N3.2Pt/c1-17-13-18(14-9-5-2-3-6-10-14)16-12-8-4-7-11-15(16)17;1-15-11-16(12-7-3-2-4-8-12)14-10-6-5-9-13(14)15;2*1-2-4-5-3-1;;/h2-3,5,7-9,11-13H,4,10H2,1H3;2-7,9-11H,1H3;2*1-2H;;/q2*-2;2*-1;;. The molecule has 8 rings (SSSR count). The minimum Gasteiger partial charge on any atom is -0.504 e. The molecule has 0 unspecified atom stereocenters. The van der Waals surface area contributed by atoms with Gasteiger partial charge in [0, 0.05) is 64.9 Å². The molecule has 2 aromatic carbocycles. The number of anilines is 3. The van der Waals surface area contributed by atoms with Crippen molar-refractivity contribution in [2.24, 2.45) is 0 Å². The van der Waals surface area contributed by atoms with Crippen molar-refractivity contribution in [3.63, 3.8) is 0 Å². The molecule has 0 bridgehead atoms. The van der Waals surface area contributed by atoms with Crippen LogP contribution in [0.15, 0.2) is 139 Å². The molecular formula is C34H32N10Pt2-6. The van der Waals surface area contributed by atoms with Crippen LogP contribution in [0.3, 0.4) is 0 Å². The summed E-state index contributed by atoms with van der Waals surface area (Å²) in [6.45, 7) is 4.22. The molecule has 244 valence electrons. The van der Waals surface area contributed by atoms with Crippen molar-refractivity contribution >= 4 is 17.1 Å². The molecule has 0 saturated carbocycles. The van der Waals surface area contributed by atoms with E-state index in [1.165, 1.54) is 53.3 Å². The van der Waals surface area contributed by atoms with Crippen LogP contribution in [0.25, 0.3) is 0 Å². The number of likely N-dealkylation sites (N-methyl/N-ethyl adjacent to an activating group) is 1. The quantitative estimate of drug-likeness (QED) is 0.246. The van der Waals surface area contributed by atoms with Gasteiger partial charge in [-0.3, -0.25) is 16.5 Å². The molecule has 12 heteroatoms. The zero-order valence-electron chi connectivity index (χ0n) is 25.2. The Morgan fingerprint density at radius 1 is 0.761 bits per heavy atom. The third-order valence-corrected chi connectivity index (χ3v) is 6.59. The molecule has 10 nitrogen and oxygen atoms in total. The zero-order valence-corrected chi connectivity index (χ0v) is 29.8. The van der Waals surface area contributed by atoms with E-state index in [4.69, 9.17) is 0 Å². The van der Waals surface area contributed by atoms with E-state index < -0.39 is 0 Å². The van der Waals surface area contributed by atoms with Gasteiger partial charge < -0.3 is 40.0 Å². The third-order valence-electron chi connectivity index (χ3n) is 6.59. The maximum atomic E-state index is 3.36. The summed E-state index contributed by atoms with van der Waals surface area (Å²) in [6.07, 6.45) is 28.2. The SMILES string of the molecule is CN1[CH-]N(C2=CC=CC=[C-]C2)C2=C1C=CCC=C2.CN1[CH-]N(c2[c-]cccc2)c2ccccc21.[Pt].[Pt].c1c[n-]nn1.c1c[n-]nn1. The summed E-state index contributed by atoms with van der Waals surface area (Å²) < 4.78 is 0. The second-order valence-electron chi connectivity index (χ2n) is 9.57. The summed E-state index contributed by atoms with van der Waals surface area (Å²) in [6, 6.07) is 19.6. The van der Waals surface area contributed by atoms with Gasteiger partial charge in [-0.25, -0.2) is 12.2 Å². The van der Waals surface area contributed by atoms with Gasteiger partial charge in [-0.05, 0) is 50.5 Å². The van der Waals surface area contributed by atoms with Crippen molar-refractivity contribution in [2.45, 2.75) is 12.8 Å². The van der Waals surface area contributed by atoms with Crippen LogP contribution in [0.5, 0.6) is 0 Å². The Bertz CT molecular complexity index is 1550. The number of hydrogen-bond donors (Lipinski definition) is 0. The summed E-state index contributed by atoms with van der Waals surface area (Å²) in [5.74, 6) is 0. The first kappa shape index (κ1) is 36.2. The average molecular weight is 971 g/mol. The number of para-hydroxylation sites is 3. The monoisotopic (exact) mass is 970 g/mol. The molecule has 2 aliphatic carbocycles. The number of benzene rings is 2. The molecule has 0 amide bonds. The van der Waals surface area contributed by atoms with Gasteiger partial charge >= 0.3 is 0 Å². The fraction of sp³-hybridized carbons (Fsp3) is 0.118. The second-order valence-corrected chi connectivity index (χ2v) is 9.57. The molecule has 0 spiro atoms. The van der Waals surface area contributed by atoms with Gasteiger partial charge in [0.1, 0.15) is 0 Å². The molecule has 2 aromatic heterocycles. The fourth-order valence-electron chi connectivity index (χ4n) is 4.60. The Morgan fingerprint density at radius 2 is 1.43 bits per heavy atom. The van der Waals surface area contributed by atoms with Crippen molar-refractivity contribution in [1.29, 1.82) is 0 Å². The third kappa shape index (κ3) is 9.87. The van der Waals surface area contributed by atoms with E-state index in [1.54, 1.807) is 0 Å². The van der Waals surface area contributed by atoms with Crippen molar-refractivity contribution in [3.8, 4) is 0 Å². The molecule has 4 aliphatic rings. The van der Waals surface area contributed by atoms with E-state index in [0.717, 1.165) is 18.5 Å². The normalized spacial score (nSPS) is 15.3. The summed E-state index contributed by atoms with van der Waals surface area (Å²) >= 11 is 0. The van der Waals surface area contributed by atoms with Crippen molar-refractivity contribution in [1.82, 2.24) is 40.6 Å². The Hall–Kier alpha value is -4.26. The van der Waals surface area contributed by atoms with Crippen LogP contribution in [0.1, 0.15) is 12.8 Å². The second kappa shape index (κ2) is 19.3. The zero-order chi connectivity index (χ0) is 30.4. The van der Waals surface area contributed by atoms with Crippen LogP contribution in [-0.4, -0.2) is 44.5 Å². The van der Waals surface area contributed by atoms with Gasteiger partial charge in [-0.2, -0.15) is 43.7 Å². The van der Waals surface area contributed by atoms with E-state index in [-0.39, 0.29) is 42.1 Å². The fourth-order valence-corrected chi connectivity index (χ4v) is 4.60. The predicted molar refractivity (Wildman–Crippen MR) is 171 cm³/mol. The first-order chi connectivity index (χ1) is 21.7. The molecule has 2 aliphatic heterocycles. The van der Waals surface area contributed by atoms with Crippen LogP contribution >= 0.6 is 0 Å². The van der Waals surface area contributed by atoms with Gasteiger partial charge in [0.15, 0.2) is 0 Å². The molecule has 0 saturated heterocycles. The van der Waals surface area contributed by atoms with Gasteiger partial charge in [-0.1, -0.05) is 61.6 Å². The number of allylic oxidation sites excluding steroid dienone is 9. The van der Waals surface area contributed by atoms with Gasteiger partial charge in [0.2, 0.25) is 0 Å². The summed E-state index contributed by atoms with van der Waals surface area (Å²) in [4.78, 5) is 8.68. The topological polar surface area (TPSA) is 92.7 Å². The van der Waals surface area contributed by atoms with Crippen molar-refractivity contribution in [3.05, 3.63) is 164 Å².